The van der Waals surface area contributed by atoms with Crippen molar-refractivity contribution in [2.24, 2.45) is 5.73 Å². The molecule has 0 unspecified atom stereocenters. The molecule has 1 radical (unpaired) electrons. The molecule has 0 aliphatic heterocycles. The fourth-order valence-electron chi connectivity index (χ4n) is 4.40. The zero-order valence-corrected chi connectivity index (χ0v) is 18.8. The molecule has 5 rings (SSSR count). The summed E-state index contributed by atoms with van der Waals surface area (Å²) < 4.78 is 38.0. The number of hydrogen-bond acceptors (Lipinski definition) is 3. The molecule has 4 aromatic carbocycles. The maximum absolute atomic E-state index is 13.0. The minimum atomic E-state index is -2.94. The van der Waals surface area contributed by atoms with Gasteiger partial charge >= 0.3 is 6.61 Å². The van der Waals surface area contributed by atoms with Crippen LogP contribution in [0.5, 0.6) is 11.5 Å². The first-order valence-corrected chi connectivity index (χ1v) is 10.9. The van der Waals surface area contributed by atoms with Crippen LogP contribution < -0.4 is 15.2 Å². The molecule has 0 aliphatic carbocycles. The van der Waals surface area contributed by atoms with Crippen molar-refractivity contribution in [1.29, 1.82) is 0 Å². The van der Waals surface area contributed by atoms with Crippen molar-refractivity contribution in [1.82, 2.24) is 4.57 Å². The molecule has 7 heteroatoms. The number of aromatic nitrogens is 1. The van der Waals surface area contributed by atoms with E-state index in [0.29, 0.717) is 16.5 Å². The average molecular weight is 471 g/mol. The molecular weight excluding hydrogens is 450 g/mol. The van der Waals surface area contributed by atoms with E-state index < -0.39 is 12.5 Å². The van der Waals surface area contributed by atoms with Gasteiger partial charge in [-0.15, -0.1) is 0 Å². The number of hydrogen-bond donors (Lipinski definition) is 1. The summed E-state index contributed by atoms with van der Waals surface area (Å²) >= 11 is 0. The van der Waals surface area contributed by atoms with Gasteiger partial charge in [0.15, 0.2) is 0 Å². The van der Waals surface area contributed by atoms with Gasteiger partial charge in [0, 0.05) is 21.9 Å². The van der Waals surface area contributed by atoms with Crippen LogP contribution in [0, 0.1) is 6.07 Å². The molecule has 0 aliphatic rings. The van der Waals surface area contributed by atoms with Gasteiger partial charge in [-0.1, -0.05) is 36.4 Å². The highest BCUT2D eigenvalue weighted by molar-refractivity contribution is 6.18. The van der Waals surface area contributed by atoms with E-state index >= 15 is 0 Å². The van der Waals surface area contributed by atoms with Crippen molar-refractivity contribution in [3.63, 3.8) is 0 Å². The molecule has 5 nitrogen and oxygen atoms in total. The number of halogens is 2. The molecule has 0 saturated carbocycles. The first kappa shape index (κ1) is 22.4. The number of para-hydroxylation sites is 1. The number of amides is 1. The molecule has 35 heavy (non-hydrogen) atoms. The molecule has 1 aromatic heterocycles. The number of methoxy groups -OCH3 is 1. The summed E-state index contributed by atoms with van der Waals surface area (Å²) in [6.07, 6.45) is 0. The van der Waals surface area contributed by atoms with Gasteiger partial charge in [-0.3, -0.25) is 4.79 Å². The van der Waals surface area contributed by atoms with Gasteiger partial charge in [0.25, 0.3) is 0 Å². The zero-order valence-electron chi connectivity index (χ0n) is 18.8. The second-order valence-electron chi connectivity index (χ2n) is 8.01. The molecule has 0 atom stereocenters. The third-order valence-electron chi connectivity index (χ3n) is 6.00. The Hall–Kier alpha value is -4.39. The summed E-state index contributed by atoms with van der Waals surface area (Å²) in [6.45, 7) is -2.70. The van der Waals surface area contributed by atoms with E-state index in [0.717, 1.165) is 33.3 Å². The van der Waals surface area contributed by atoms with E-state index in [1.807, 2.05) is 47.0 Å². The molecule has 0 saturated heterocycles. The van der Waals surface area contributed by atoms with Crippen molar-refractivity contribution in [2.75, 3.05) is 7.11 Å². The third-order valence-corrected chi connectivity index (χ3v) is 6.00. The highest BCUT2D eigenvalue weighted by Gasteiger charge is 2.19. The van der Waals surface area contributed by atoms with Gasteiger partial charge in [0.1, 0.15) is 11.5 Å². The van der Waals surface area contributed by atoms with Crippen LogP contribution in [0.4, 0.5) is 8.78 Å². The monoisotopic (exact) mass is 471 g/mol. The fourth-order valence-corrected chi connectivity index (χ4v) is 4.40. The van der Waals surface area contributed by atoms with E-state index in [9.17, 15) is 13.6 Å². The molecule has 175 valence electrons. The van der Waals surface area contributed by atoms with Gasteiger partial charge in [0.05, 0.1) is 24.7 Å². The largest absolute Gasteiger partial charge is 0.497 e. The smallest absolute Gasteiger partial charge is 0.387 e. The van der Waals surface area contributed by atoms with E-state index in [4.69, 9.17) is 15.2 Å². The number of ether oxygens (including phenoxy) is 2. The highest BCUT2D eigenvalue weighted by Crippen LogP contribution is 2.36. The Morgan fingerprint density at radius 1 is 1.00 bits per heavy atom. The number of carbonyl (C=O) groups excluding carboxylic acids is 1. The van der Waals surface area contributed by atoms with Crippen LogP contribution in [0.2, 0.25) is 0 Å². The standard InChI is InChI=1S/C28H21F2N2O3/c1-34-20-12-9-17(10-13-20)18-11-14-21-24(15-18)32(23-7-4-6-22(26(21)23)27(31)33)16-19-5-2-3-8-25(19)35-28(29)30/h2-13,15,28H,16H2,1H3,(H2,31,33). The van der Waals surface area contributed by atoms with Crippen molar-refractivity contribution in [3.8, 4) is 22.6 Å². The Morgan fingerprint density at radius 3 is 2.49 bits per heavy atom. The number of benzene rings is 4. The Morgan fingerprint density at radius 2 is 1.77 bits per heavy atom. The number of primary amides is 1. The Labute approximate surface area is 200 Å². The second-order valence-corrected chi connectivity index (χ2v) is 8.01. The summed E-state index contributed by atoms with van der Waals surface area (Å²) in [6, 6.07) is 26.8. The minimum Gasteiger partial charge on any atom is -0.497 e. The quantitative estimate of drug-likeness (QED) is 0.316. The van der Waals surface area contributed by atoms with Gasteiger partial charge < -0.3 is 19.8 Å². The maximum atomic E-state index is 13.0. The molecule has 0 spiro atoms. The number of rotatable bonds is 7. The van der Waals surface area contributed by atoms with Crippen LogP contribution in [-0.2, 0) is 6.54 Å². The third kappa shape index (κ3) is 4.17. The predicted molar refractivity (Wildman–Crippen MR) is 131 cm³/mol. The van der Waals surface area contributed by atoms with Crippen molar-refractivity contribution >= 4 is 27.7 Å². The van der Waals surface area contributed by atoms with Crippen molar-refractivity contribution < 1.29 is 23.0 Å². The lowest BCUT2D eigenvalue weighted by atomic mass is 10.0. The van der Waals surface area contributed by atoms with Crippen molar-refractivity contribution in [3.05, 3.63) is 96.1 Å². The average Bonchev–Trinajstić information content (AvgIpc) is 3.17. The Balaban J connectivity index is 1.74. The SMILES string of the molecule is COc1ccc(-c2c[c]c3c4c(C(N)=O)cccc4n(Cc4ccccc4OC(F)F)c3c2)cc1. The highest BCUT2D eigenvalue weighted by atomic mass is 19.3. The van der Waals surface area contributed by atoms with E-state index in [1.54, 1.807) is 37.4 Å². The van der Waals surface area contributed by atoms with Crippen LogP contribution >= 0.6 is 0 Å². The molecular formula is C28H21F2N2O3. The maximum Gasteiger partial charge on any atom is 0.387 e. The van der Waals surface area contributed by atoms with Gasteiger partial charge in [-0.05, 0) is 59.7 Å². The summed E-state index contributed by atoms with van der Waals surface area (Å²) in [5, 5.41) is 1.39. The summed E-state index contributed by atoms with van der Waals surface area (Å²) in [5.74, 6) is 0.289. The second kappa shape index (κ2) is 9.10. The van der Waals surface area contributed by atoms with E-state index in [2.05, 4.69) is 6.07 Å². The van der Waals surface area contributed by atoms with Gasteiger partial charge in [-0.25, -0.2) is 0 Å². The van der Waals surface area contributed by atoms with E-state index in [-0.39, 0.29) is 12.3 Å². The number of carbonyl (C=O) groups is 1. The van der Waals surface area contributed by atoms with Crippen LogP contribution in [0.25, 0.3) is 32.9 Å². The lowest BCUT2D eigenvalue weighted by molar-refractivity contribution is -0.0504. The molecule has 1 heterocycles. The molecule has 0 fully saturated rings. The van der Waals surface area contributed by atoms with Crippen molar-refractivity contribution in [2.45, 2.75) is 13.2 Å². The summed E-state index contributed by atoms with van der Waals surface area (Å²) in [7, 11) is 1.61. The van der Waals surface area contributed by atoms with Crippen LogP contribution in [0.3, 0.4) is 0 Å². The fraction of sp³-hybridized carbons (Fsp3) is 0.107. The predicted octanol–water partition coefficient (Wildman–Crippen LogP) is 6.02. The molecule has 2 N–H and O–H groups in total. The van der Waals surface area contributed by atoms with Gasteiger partial charge in [0.2, 0.25) is 5.91 Å². The summed E-state index contributed by atoms with van der Waals surface area (Å²) in [4.78, 5) is 12.2. The zero-order chi connectivity index (χ0) is 24.5. The molecule has 1 amide bonds. The Bertz CT molecular complexity index is 1540. The van der Waals surface area contributed by atoms with Crippen LogP contribution in [0.1, 0.15) is 15.9 Å². The van der Waals surface area contributed by atoms with Gasteiger partial charge in [-0.2, -0.15) is 8.78 Å². The first-order valence-electron chi connectivity index (χ1n) is 10.9. The van der Waals surface area contributed by atoms with Crippen LogP contribution in [0.15, 0.2) is 78.9 Å². The minimum absolute atomic E-state index is 0.0962. The lowest BCUT2D eigenvalue weighted by Crippen LogP contribution is -2.11. The normalized spacial score (nSPS) is 11.3. The summed E-state index contributed by atoms with van der Waals surface area (Å²) in [5.41, 5.74) is 10.0. The number of fused-ring (bicyclic) bond motifs is 3. The first-order chi connectivity index (χ1) is 17.0. The topological polar surface area (TPSA) is 66.5 Å². The molecule has 0 bridgehead atoms. The Kier molecular flexibility index (Phi) is 5.82. The van der Waals surface area contributed by atoms with Crippen LogP contribution in [-0.4, -0.2) is 24.2 Å². The number of nitrogens with zero attached hydrogens (tertiary/aromatic N) is 1. The lowest BCUT2D eigenvalue weighted by Gasteiger charge is -2.13. The van der Waals surface area contributed by atoms with E-state index in [1.165, 1.54) is 6.07 Å². The number of alkyl halides is 2. The number of nitrogens with two attached hydrogens (primary N) is 1. The molecule has 5 aromatic rings.